The lowest BCUT2D eigenvalue weighted by atomic mass is 10.2. The summed E-state index contributed by atoms with van der Waals surface area (Å²) < 4.78 is 5.12. The SMILES string of the molecule is CCCCC1SCCOC1O. The van der Waals surface area contributed by atoms with E-state index >= 15 is 0 Å². The van der Waals surface area contributed by atoms with Crippen molar-refractivity contribution in [1.29, 1.82) is 0 Å². The van der Waals surface area contributed by atoms with Crippen LogP contribution in [0.2, 0.25) is 0 Å². The highest BCUT2D eigenvalue weighted by Gasteiger charge is 2.23. The van der Waals surface area contributed by atoms with Crippen molar-refractivity contribution in [2.45, 2.75) is 37.7 Å². The first-order valence-corrected chi connectivity index (χ1v) is 5.30. The zero-order valence-corrected chi connectivity index (χ0v) is 7.77. The number of aliphatic hydroxyl groups is 1. The van der Waals surface area contributed by atoms with Crippen LogP contribution in [0.5, 0.6) is 0 Å². The molecule has 0 saturated carbocycles. The minimum Gasteiger partial charge on any atom is -0.367 e. The second-order valence-corrected chi connectivity index (χ2v) is 4.16. The van der Waals surface area contributed by atoms with Crippen molar-refractivity contribution in [3.63, 3.8) is 0 Å². The molecule has 0 spiro atoms. The van der Waals surface area contributed by atoms with Crippen LogP contribution in [0.25, 0.3) is 0 Å². The molecular weight excluding hydrogens is 160 g/mol. The molecule has 0 amide bonds. The highest BCUT2D eigenvalue weighted by molar-refractivity contribution is 8.00. The van der Waals surface area contributed by atoms with Crippen LogP contribution in [-0.2, 0) is 4.74 Å². The fourth-order valence-corrected chi connectivity index (χ4v) is 2.26. The topological polar surface area (TPSA) is 29.5 Å². The molecule has 0 aliphatic carbocycles. The van der Waals surface area contributed by atoms with Crippen molar-refractivity contribution < 1.29 is 9.84 Å². The highest BCUT2D eigenvalue weighted by Crippen LogP contribution is 2.25. The Bertz CT molecular complexity index is 108. The lowest BCUT2D eigenvalue weighted by molar-refractivity contribution is -0.0991. The molecule has 0 aromatic carbocycles. The maximum absolute atomic E-state index is 9.35. The number of rotatable bonds is 3. The maximum atomic E-state index is 9.35. The molecule has 0 aromatic rings. The molecule has 1 rings (SSSR count). The molecule has 1 fully saturated rings. The number of hydrogen-bond acceptors (Lipinski definition) is 3. The number of aliphatic hydroxyl groups excluding tert-OH is 1. The number of ether oxygens (including phenoxy) is 1. The first-order chi connectivity index (χ1) is 5.34. The van der Waals surface area contributed by atoms with E-state index in [4.69, 9.17) is 4.74 Å². The summed E-state index contributed by atoms with van der Waals surface area (Å²) >= 11 is 1.84. The summed E-state index contributed by atoms with van der Waals surface area (Å²) in [5.74, 6) is 1.03. The van der Waals surface area contributed by atoms with Gasteiger partial charge in [0.25, 0.3) is 0 Å². The summed E-state index contributed by atoms with van der Waals surface area (Å²) in [6, 6.07) is 0. The number of unbranched alkanes of at least 4 members (excludes halogenated alkanes) is 1. The summed E-state index contributed by atoms with van der Waals surface area (Å²) in [7, 11) is 0. The third-order valence-corrected chi connectivity index (χ3v) is 3.16. The summed E-state index contributed by atoms with van der Waals surface area (Å²) in [5.41, 5.74) is 0. The van der Waals surface area contributed by atoms with Crippen LogP contribution >= 0.6 is 11.8 Å². The Morgan fingerprint density at radius 1 is 1.64 bits per heavy atom. The molecule has 3 heteroatoms. The van der Waals surface area contributed by atoms with Crippen molar-refractivity contribution in [1.82, 2.24) is 0 Å². The van der Waals surface area contributed by atoms with Gasteiger partial charge in [0.1, 0.15) is 0 Å². The van der Waals surface area contributed by atoms with E-state index in [1.54, 1.807) is 0 Å². The Morgan fingerprint density at radius 2 is 2.45 bits per heavy atom. The van der Waals surface area contributed by atoms with E-state index in [0.717, 1.165) is 12.2 Å². The van der Waals surface area contributed by atoms with E-state index < -0.39 is 6.29 Å². The van der Waals surface area contributed by atoms with Crippen LogP contribution in [0.1, 0.15) is 26.2 Å². The molecule has 1 heterocycles. The van der Waals surface area contributed by atoms with Crippen molar-refractivity contribution in [3.05, 3.63) is 0 Å². The van der Waals surface area contributed by atoms with Crippen LogP contribution in [0.4, 0.5) is 0 Å². The fourth-order valence-electron chi connectivity index (χ4n) is 1.19. The fraction of sp³-hybridized carbons (Fsp3) is 1.00. The lowest BCUT2D eigenvalue weighted by Crippen LogP contribution is -2.32. The lowest BCUT2D eigenvalue weighted by Gasteiger charge is -2.27. The molecule has 2 atom stereocenters. The molecule has 1 saturated heterocycles. The Kier molecular flexibility index (Phi) is 4.26. The van der Waals surface area contributed by atoms with Gasteiger partial charge in [-0.3, -0.25) is 0 Å². The Labute approximate surface area is 72.3 Å². The van der Waals surface area contributed by atoms with E-state index in [-0.39, 0.29) is 0 Å². The molecule has 2 unspecified atom stereocenters. The van der Waals surface area contributed by atoms with Crippen molar-refractivity contribution in [2.75, 3.05) is 12.4 Å². The third-order valence-electron chi connectivity index (χ3n) is 1.86. The van der Waals surface area contributed by atoms with E-state index in [0.29, 0.717) is 11.9 Å². The Morgan fingerprint density at radius 3 is 3.09 bits per heavy atom. The van der Waals surface area contributed by atoms with E-state index in [1.807, 2.05) is 11.8 Å². The summed E-state index contributed by atoms with van der Waals surface area (Å²) in [6.07, 6.45) is 2.96. The van der Waals surface area contributed by atoms with E-state index in [9.17, 15) is 5.11 Å². The predicted octanol–water partition coefficient (Wildman–Crippen LogP) is 1.63. The third kappa shape index (κ3) is 3.01. The molecule has 2 nitrogen and oxygen atoms in total. The maximum Gasteiger partial charge on any atom is 0.166 e. The summed E-state index contributed by atoms with van der Waals surface area (Å²) in [4.78, 5) is 0. The minimum absolute atomic E-state index is 0.323. The molecular formula is C8H16O2S. The summed E-state index contributed by atoms with van der Waals surface area (Å²) in [6.45, 7) is 2.87. The van der Waals surface area contributed by atoms with Gasteiger partial charge in [0, 0.05) is 5.75 Å². The second-order valence-electron chi connectivity index (χ2n) is 2.81. The Hall–Kier alpha value is 0.270. The summed E-state index contributed by atoms with van der Waals surface area (Å²) in [5, 5.41) is 9.68. The standard InChI is InChI=1S/C8H16O2S/c1-2-3-4-7-8(9)10-5-6-11-7/h7-9H,2-6H2,1H3. The largest absolute Gasteiger partial charge is 0.367 e. The molecule has 0 bridgehead atoms. The highest BCUT2D eigenvalue weighted by atomic mass is 32.2. The molecule has 1 aliphatic heterocycles. The molecule has 66 valence electrons. The van der Waals surface area contributed by atoms with Gasteiger partial charge in [-0.25, -0.2) is 0 Å². The first kappa shape index (κ1) is 9.36. The van der Waals surface area contributed by atoms with Gasteiger partial charge in [0.05, 0.1) is 11.9 Å². The van der Waals surface area contributed by atoms with Gasteiger partial charge in [-0.2, -0.15) is 11.8 Å². The molecule has 0 radical (unpaired) electrons. The van der Waals surface area contributed by atoms with Gasteiger partial charge >= 0.3 is 0 Å². The van der Waals surface area contributed by atoms with Gasteiger partial charge in [0.2, 0.25) is 0 Å². The zero-order valence-electron chi connectivity index (χ0n) is 6.95. The zero-order chi connectivity index (χ0) is 8.10. The predicted molar refractivity (Wildman–Crippen MR) is 47.7 cm³/mol. The minimum atomic E-state index is -0.514. The average Bonchev–Trinajstić information content (AvgIpc) is 2.03. The quantitative estimate of drug-likeness (QED) is 0.708. The van der Waals surface area contributed by atoms with Gasteiger partial charge in [0.15, 0.2) is 6.29 Å². The average molecular weight is 176 g/mol. The molecule has 0 aromatic heterocycles. The normalized spacial score (nSPS) is 32.2. The van der Waals surface area contributed by atoms with Crippen LogP contribution < -0.4 is 0 Å². The van der Waals surface area contributed by atoms with Gasteiger partial charge in [-0.05, 0) is 6.42 Å². The monoisotopic (exact) mass is 176 g/mol. The van der Waals surface area contributed by atoms with Crippen molar-refractivity contribution >= 4 is 11.8 Å². The first-order valence-electron chi connectivity index (χ1n) is 4.26. The van der Waals surface area contributed by atoms with Crippen LogP contribution in [0, 0.1) is 0 Å². The molecule has 11 heavy (non-hydrogen) atoms. The second kappa shape index (κ2) is 5.01. The van der Waals surface area contributed by atoms with Crippen LogP contribution in [-0.4, -0.2) is 29.0 Å². The number of hydrogen-bond donors (Lipinski definition) is 1. The van der Waals surface area contributed by atoms with Gasteiger partial charge in [-0.15, -0.1) is 0 Å². The van der Waals surface area contributed by atoms with Gasteiger partial charge in [-0.1, -0.05) is 19.8 Å². The van der Waals surface area contributed by atoms with E-state index in [2.05, 4.69) is 6.92 Å². The number of thioether (sulfide) groups is 1. The van der Waals surface area contributed by atoms with Gasteiger partial charge < -0.3 is 9.84 Å². The Balaban J connectivity index is 2.18. The molecule has 1 aliphatic rings. The van der Waals surface area contributed by atoms with Crippen LogP contribution in [0.3, 0.4) is 0 Å². The van der Waals surface area contributed by atoms with E-state index in [1.165, 1.54) is 12.8 Å². The van der Waals surface area contributed by atoms with Crippen molar-refractivity contribution in [2.24, 2.45) is 0 Å². The smallest absolute Gasteiger partial charge is 0.166 e. The van der Waals surface area contributed by atoms with Crippen LogP contribution in [0.15, 0.2) is 0 Å². The van der Waals surface area contributed by atoms with Crippen molar-refractivity contribution in [3.8, 4) is 0 Å². The molecule has 1 N–H and O–H groups in total.